The molecule has 0 spiro atoms. The van der Waals surface area contributed by atoms with Gasteiger partial charge in [-0.1, -0.05) is 31.8 Å². The third-order valence-corrected chi connectivity index (χ3v) is 3.36. The van der Waals surface area contributed by atoms with Gasteiger partial charge in [-0.05, 0) is 32.3 Å². The van der Waals surface area contributed by atoms with E-state index in [0.717, 1.165) is 24.8 Å². The fourth-order valence-electron chi connectivity index (χ4n) is 2.37. The Morgan fingerprint density at radius 2 is 2.11 bits per heavy atom. The number of esters is 1. The second-order valence-electron chi connectivity index (χ2n) is 4.84. The Morgan fingerprint density at radius 3 is 2.78 bits per heavy atom. The molecule has 0 fully saturated rings. The molecule has 3 nitrogen and oxygen atoms in total. The van der Waals surface area contributed by atoms with Crippen molar-refractivity contribution in [3.05, 3.63) is 11.6 Å². The first-order valence-corrected chi connectivity index (χ1v) is 7.09. The maximum atomic E-state index is 11.8. The van der Waals surface area contributed by atoms with Crippen LogP contribution in [0.4, 0.5) is 0 Å². The molecule has 0 radical (unpaired) electrons. The average molecular weight is 252 g/mol. The average Bonchev–Trinajstić information content (AvgIpc) is 2.35. The molecule has 18 heavy (non-hydrogen) atoms. The van der Waals surface area contributed by atoms with Crippen molar-refractivity contribution in [1.82, 2.24) is 0 Å². The van der Waals surface area contributed by atoms with Crippen LogP contribution in [0.2, 0.25) is 0 Å². The van der Waals surface area contributed by atoms with Crippen LogP contribution in [0.15, 0.2) is 11.6 Å². The Kier molecular flexibility index (Phi) is 6.69. The number of hydrogen-bond donors (Lipinski definition) is 0. The summed E-state index contributed by atoms with van der Waals surface area (Å²) in [5, 5.41) is 0. The van der Waals surface area contributed by atoms with E-state index < -0.39 is 0 Å². The summed E-state index contributed by atoms with van der Waals surface area (Å²) in [5.41, 5.74) is 0.987. The Morgan fingerprint density at radius 1 is 1.33 bits per heavy atom. The van der Waals surface area contributed by atoms with E-state index in [1.54, 1.807) is 6.08 Å². The van der Waals surface area contributed by atoms with Crippen LogP contribution in [0.3, 0.4) is 0 Å². The molecule has 102 valence electrons. The molecule has 0 saturated heterocycles. The van der Waals surface area contributed by atoms with Crippen molar-refractivity contribution >= 4 is 11.8 Å². The van der Waals surface area contributed by atoms with E-state index in [4.69, 9.17) is 4.74 Å². The number of allylic oxidation sites excluding steroid dienone is 1. The molecular weight excluding hydrogens is 228 g/mol. The highest BCUT2D eigenvalue weighted by Crippen LogP contribution is 2.28. The van der Waals surface area contributed by atoms with Crippen LogP contribution in [0.1, 0.15) is 58.8 Å². The molecule has 0 aromatic heterocycles. The van der Waals surface area contributed by atoms with Gasteiger partial charge in [0.05, 0.1) is 12.5 Å². The molecule has 0 amide bonds. The largest absolute Gasteiger partial charge is 0.466 e. The summed E-state index contributed by atoms with van der Waals surface area (Å²) >= 11 is 0. The van der Waals surface area contributed by atoms with E-state index in [1.165, 1.54) is 12.8 Å². The Balaban J connectivity index is 2.56. The monoisotopic (exact) mass is 252 g/mol. The molecule has 0 heterocycles. The predicted octanol–water partition coefficient (Wildman–Crippen LogP) is 3.43. The lowest BCUT2D eigenvalue weighted by Gasteiger charge is -2.22. The van der Waals surface area contributed by atoms with Crippen LogP contribution in [0.5, 0.6) is 0 Å². The van der Waals surface area contributed by atoms with Gasteiger partial charge in [0.25, 0.3) is 0 Å². The summed E-state index contributed by atoms with van der Waals surface area (Å²) in [6.45, 7) is 4.40. The summed E-state index contributed by atoms with van der Waals surface area (Å²) in [6.07, 6.45) is 8.26. The summed E-state index contributed by atoms with van der Waals surface area (Å²) in [7, 11) is 0. The van der Waals surface area contributed by atoms with Gasteiger partial charge < -0.3 is 4.74 Å². The van der Waals surface area contributed by atoms with E-state index in [1.807, 2.05) is 6.92 Å². The highest BCUT2D eigenvalue weighted by Gasteiger charge is 2.28. The van der Waals surface area contributed by atoms with Crippen LogP contribution in [-0.4, -0.2) is 18.4 Å². The molecule has 1 unspecified atom stereocenters. The summed E-state index contributed by atoms with van der Waals surface area (Å²) in [4.78, 5) is 23.3. The van der Waals surface area contributed by atoms with Gasteiger partial charge in [0, 0.05) is 6.42 Å². The number of unbranched alkanes of at least 4 members (excludes halogenated alkanes) is 3. The van der Waals surface area contributed by atoms with E-state index in [2.05, 4.69) is 6.92 Å². The second kappa shape index (κ2) is 8.06. The fourth-order valence-corrected chi connectivity index (χ4v) is 2.37. The van der Waals surface area contributed by atoms with Crippen molar-refractivity contribution in [2.45, 2.75) is 58.8 Å². The minimum Gasteiger partial charge on any atom is -0.466 e. The molecule has 1 aliphatic carbocycles. The number of rotatable bonds is 7. The van der Waals surface area contributed by atoms with Gasteiger partial charge in [0.1, 0.15) is 0 Å². The SMILES string of the molecule is CCCCCCC1=CC(=O)CCC1C(=O)OCC. The number of carbonyl (C=O) groups excluding carboxylic acids is 2. The molecule has 0 aromatic carbocycles. The highest BCUT2D eigenvalue weighted by atomic mass is 16.5. The molecule has 0 aliphatic heterocycles. The van der Waals surface area contributed by atoms with Gasteiger partial charge in [-0.3, -0.25) is 9.59 Å². The molecule has 3 heteroatoms. The van der Waals surface area contributed by atoms with Crippen molar-refractivity contribution in [3.63, 3.8) is 0 Å². The van der Waals surface area contributed by atoms with Crippen LogP contribution in [0.25, 0.3) is 0 Å². The van der Waals surface area contributed by atoms with Gasteiger partial charge in [-0.25, -0.2) is 0 Å². The van der Waals surface area contributed by atoms with Crippen LogP contribution >= 0.6 is 0 Å². The van der Waals surface area contributed by atoms with Gasteiger partial charge in [-0.2, -0.15) is 0 Å². The zero-order valence-corrected chi connectivity index (χ0v) is 11.5. The molecule has 1 rings (SSSR count). The first-order chi connectivity index (χ1) is 8.69. The zero-order chi connectivity index (χ0) is 13.4. The smallest absolute Gasteiger partial charge is 0.313 e. The Bertz CT molecular complexity index is 318. The lowest BCUT2D eigenvalue weighted by Crippen LogP contribution is -2.24. The first kappa shape index (κ1) is 14.9. The highest BCUT2D eigenvalue weighted by molar-refractivity contribution is 5.93. The standard InChI is InChI=1S/C15H24O3/c1-3-5-6-7-8-12-11-13(16)9-10-14(12)15(17)18-4-2/h11,14H,3-10H2,1-2H3. The Hall–Kier alpha value is -1.12. The molecule has 0 N–H and O–H groups in total. The van der Waals surface area contributed by atoms with E-state index in [-0.39, 0.29) is 17.7 Å². The van der Waals surface area contributed by atoms with Crippen molar-refractivity contribution in [3.8, 4) is 0 Å². The molecule has 0 bridgehead atoms. The van der Waals surface area contributed by atoms with Crippen LogP contribution in [-0.2, 0) is 14.3 Å². The van der Waals surface area contributed by atoms with Crippen LogP contribution < -0.4 is 0 Å². The maximum absolute atomic E-state index is 11.8. The number of ketones is 1. The van der Waals surface area contributed by atoms with Crippen LogP contribution in [0, 0.1) is 5.92 Å². The van der Waals surface area contributed by atoms with E-state index in [0.29, 0.717) is 19.4 Å². The van der Waals surface area contributed by atoms with E-state index in [9.17, 15) is 9.59 Å². The van der Waals surface area contributed by atoms with Crippen molar-refractivity contribution in [1.29, 1.82) is 0 Å². The molecule has 1 aliphatic rings. The molecule has 0 aromatic rings. The zero-order valence-electron chi connectivity index (χ0n) is 11.5. The van der Waals surface area contributed by atoms with Gasteiger partial charge in [-0.15, -0.1) is 0 Å². The Labute approximate surface area is 110 Å². The molecule has 0 saturated carbocycles. The van der Waals surface area contributed by atoms with Crippen molar-refractivity contribution in [2.24, 2.45) is 5.92 Å². The number of ether oxygens (including phenoxy) is 1. The first-order valence-electron chi connectivity index (χ1n) is 7.09. The lowest BCUT2D eigenvalue weighted by molar-refractivity contribution is -0.147. The van der Waals surface area contributed by atoms with Gasteiger partial charge in [0.15, 0.2) is 5.78 Å². The number of carbonyl (C=O) groups is 2. The second-order valence-corrected chi connectivity index (χ2v) is 4.84. The minimum absolute atomic E-state index is 0.154. The third kappa shape index (κ3) is 4.63. The topological polar surface area (TPSA) is 43.4 Å². The van der Waals surface area contributed by atoms with Gasteiger partial charge >= 0.3 is 5.97 Å². The summed E-state index contributed by atoms with van der Waals surface area (Å²) < 4.78 is 5.08. The number of hydrogen-bond acceptors (Lipinski definition) is 3. The van der Waals surface area contributed by atoms with E-state index >= 15 is 0 Å². The summed E-state index contributed by atoms with van der Waals surface area (Å²) in [6, 6.07) is 0. The fraction of sp³-hybridized carbons (Fsp3) is 0.733. The summed E-state index contributed by atoms with van der Waals surface area (Å²) in [5.74, 6) is -0.183. The predicted molar refractivity (Wildman–Crippen MR) is 71.2 cm³/mol. The van der Waals surface area contributed by atoms with Crippen molar-refractivity contribution in [2.75, 3.05) is 6.61 Å². The third-order valence-electron chi connectivity index (χ3n) is 3.36. The minimum atomic E-state index is -0.177. The normalized spacial score (nSPS) is 19.6. The van der Waals surface area contributed by atoms with Gasteiger partial charge in [0.2, 0.25) is 0 Å². The molecule has 1 atom stereocenters. The van der Waals surface area contributed by atoms with Crippen molar-refractivity contribution < 1.29 is 14.3 Å². The quantitative estimate of drug-likeness (QED) is 0.515. The maximum Gasteiger partial charge on any atom is 0.313 e. The molecular formula is C15H24O3. The lowest BCUT2D eigenvalue weighted by atomic mass is 9.84.